The van der Waals surface area contributed by atoms with Gasteiger partial charge >= 0.3 is 6.03 Å². The van der Waals surface area contributed by atoms with Crippen LogP contribution in [0, 0.1) is 11.8 Å². The van der Waals surface area contributed by atoms with E-state index in [2.05, 4.69) is 10.3 Å². The lowest BCUT2D eigenvalue weighted by atomic mass is 9.92. The predicted octanol–water partition coefficient (Wildman–Crippen LogP) is 2.42. The molecule has 1 aromatic heterocycles. The first kappa shape index (κ1) is 14.2. The highest BCUT2D eigenvalue weighted by atomic mass is 16.5. The van der Waals surface area contributed by atoms with Crippen LogP contribution in [0.3, 0.4) is 0 Å². The number of hydrogen-bond acceptors (Lipinski definition) is 3. The van der Waals surface area contributed by atoms with Gasteiger partial charge in [0.1, 0.15) is 0 Å². The van der Waals surface area contributed by atoms with Crippen LogP contribution in [0.1, 0.15) is 31.4 Å². The number of methoxy groups -OCH3 is 1. The number of urea groups is 1. The van der Waals surface area contributed by atoms with Crippen LogP contribution < -0.4 is 10.1 Å². The molecular formula is C16H23N3O2. The van der Waals surface area contributed by atoms with Gasteiger partial charge < -0.3 is 15.0 Å². The Morgan fingerprint density at radius 2 is 2.00 bits per heavy atom. The number of ether oxygens (including phenoxy) is 1. The summed E-state index contributed by atoms with van der Waals surface area (Å²) in [6.45, 7) is 2.22. The topological polar surface area (TPSA) is 54.5 Å². The van der Waals surface area contributed by atoms with Crippen molar-refractivity contribution in [2.24, 2.45) is 11.8 Å². The van der Waals surface area contributed by atoms with E-state index < -0.39 is 0 Å². The number of pyridine rings is 1. The van der Waals surface area contributed by atoms with E-state index in [4.69, 9.17) is 4.74 Å². The van der Waals surface area contributed by atoms with Crippen molar-refractivity contribution in [3.05, 3.63) is 23.9 Å². The van der Waals surface area contributed by atoms with Crippen molar-refractivity contribution in [3.8, 4) is 5.88 Å². The average Bonchev–Trinajstić information content (AvgIpc) is 3.38. The second-order valence-corrected chi connectivity index (χ2v) is 5.99. The lowest BCUT2D eigenvalue weighted by molar-refractivity contribution is 0.164. The smallest absolute Gasteiger partial charge is 0.317 e. The van der Waals surface area contributed by atoms with E-state index in [0.717, 1.165) is 43.5 Å². The molecule has 0 radical (unpaired) electrons. The Balaban J connectivity index is 1.45. The molecule has 3 rings (SSSR count). The number of rotatable bonds is 4. The van der Waals surface area contributed by atoms with Crippen LogP contribution in [0.15, 0.2) is 18.2 Å². The lowest BCUT2D eigenvalue weighted by Gasteiger charge is -2.32. The molecule has 0 spiro atoms. The molecule has 0 atom stereocenters. The van der Waals surface area contributed by atoms with Gasteiger partial charge in [-0.25, -0.2) is 9.78 Å². The van der Waals surface area contributed by atoms with Crippen LogP contribution in [0.2, 0.25) is 0 Å². The second kappa shape index (κ2) is 6.33. The van der Waals surface area contributed by atoms with Crippen molar-refractivity contribution in [2.75, 3.05) is 20.2 Å². The van der Waals surface area contributed by atoms with Gasteiger partial charge in [-0.2, -0.15) is 0 Å². The summed E-state index contributed by atoms with van der Waals surface area (Å²) in [6.07, 6.45) is 5.13. The Kier molecular flexibility index (Phi) is 4.27. The molecule has 1 aromatic rings. The molecular weight excluding hydrogens is 266 g/mol. The molecule has 1 aliphatic heterocycles. The third-order valence-electron chi connectivity index (χ3n) is 4.53. The molecule has 1 saturated heterocycles. The lowest BCUT2D eigenvalue weighted by Crippen LogP contribution is -2.44. The largest absolute Gasteiger partial charge is 0.481 e. The van der Waals surface area contributed by atoms with Crippen molar-refractivity contribution < 1.29 is 9.53 Å². The number of hydrogen-bond donors (Lipinski definition) is 1. The minimum Gasteiger partial charge on any atom is -0.481 e. The molecule has 0 unspecified atom stereocenters. The monoisotopic (exact) mass is 289 g/mol. The van der Waals surface area contributed by atoms with E-state index in [1.165, 1.54) is 12.8 Å². The molecule has 2 heterocycles. The molecule has 2 amide bonds. The molecule has 114 valence electrons. The van der Waals surface area contributed by atoms with Crippen molar-refractivity contribution >= 4 is 6.03 Å². The normalized spacial score (nSPS) is 19.4. The maximum absolute atomic E-state index is 12.2. The maximum atomic E-state index is 12.2. The Hall–Kier alpha value is -1.78. The molecule has 5 heteroatoms. The van der Waals surface area contributed by atoms with E-state index in [0.29, 0.717) is 12.4 Å². The van der Waals surface area contributed by atoms with Gasteiger partial charge in [0.05, 0.1) is 19.3 Å². The average molecular weight is 289 g/mol. The Labute approximate surface area is 125 Å². The highest BCUT2D eigenvalue weighted by molar-refractivity contribution is 5.74. The van der Waals surface area contributed by atoms with Gasteiger partial charge in [-0.15, -0.1) is 0 Å². The molecule has 2 aliphatic rings. The minimum absolute atomic E-state index is 0.0221. The molecule has 0 bridgehead atoms. The molecule has 21 heavy (non-hydrogen) atoms. The number of carbonyl (C=O) groups is 1. The Morgan fingerprint density at radius 1 is 1.29 bits per heavy atom. The summed E-state index contributed by atoms with van der Waals surface area (Å²) < 4.78 is 5.08. The number of likely N-dealkylation sites (tertiary alicyclic amines) is 1. The van der Waals surface area contributed by atoms with Gasteiger partial charge in [0.2, 0.25) is 5.88 Å². The number of carbonyl (C=O) groups excluding carboxylic acids is 1. The molecule has 1 N–H and O–H groups in total. The van der Waals surface area contributed by atoms with E-state index in [9.17, 15) is 4.79 Å². The summed E-state index contributed by atoms with van der Waals surface area (Å²) in [5.74, 6) is 2.39. The van der Waals surface area contributed by atoms with Crippen LogP contribution in [-0.2, 0) is 6.54 Å². The summed E-state index contributed by atoms with van der Waals surface area (Å²) in [5.41, 5.74) is 0.815. The first-order valence-corrected chi connectivity index (χ1v) is 7.79. The van der Waals surface area contributed by atoms with Crippen LogP contribution in [0.5, 0.6) is 5.88 Å². The molecule has 1 aliphatic carbocycles. The summed E-state index contributed by atoms with van der Waals surface area (Å²) in [6, 6.07) is 5.60. The zero-order valence-electron chi connectivity index (χ0n) is 12.5. The minimum atomic E-state index is 0.0221. The third kappa shape index (κ3) is 3.65. The van der Waals surface area contributed by atoms with E-state index in [1.54, 1.807) is 13.2 Å². The van der Waals surface area contributed by atoms with Crippen LogP contribution in [0.25, 0.3) is 0 Å². The molecule has 1 saturated carbocycles. The zero-order chi connectivity index (χ0) is 14.7. The zero-order valence-corrected chi connectivity index (χ0v) is 12.5. The van der Waals surface area contributed by atoms with Gasteiger partial charge in [-0.05, 0) is 43.6 Å². The van der Waals surface area contributed by atoms with Crippen molar-refractivity contribution in [2.45, 2.75) is 32.2 Å². The molecule has 5 nitrogen and oxygen atoms in total. The number of aromatic nitrogens is 1. The first-order valence-electron chi connectivity index (χ1n) is 7.79. The van der Waals surface area contributed by atoms with Crippen LogP contribution >= 0.6 is 0 Å². The van der Waals surface area contributed by atoms with Crippen LogP contribution in [0.4, 0.5) is 4.79 Å². The fraction of sp³-hybridized carbons (Fsp3) is 0.625. The predicted molar refractivity (Wildman–Crippen MR) is 80.0 cm³/mol. The summed E-state index contributed by atoms with van der Waals surface area (Å²) in [4.78, 5) is 18.4. The van der Waals surface area contributed by atoms with E-state index in [1.807, 2.05) is 17.0 Å². The standard InChI is InChI=1S/C16H23N3O2/c1-21-15-4-2-3-14(18-15)11-17-16(20)19-9-7-13(8-10-19)12-5-6-12/h2-4,12-13H,5-11H2,1H3,(H,17,20). The fourth-order valence-electron chi connectivity index (χ4n) is 3.09. The molecule has 2 fully saturated rings. The van der Waals surface area contributed by atoms with Gasteiger partial charge in [0.15, 0.2) is 0 Å². The Morgan fingerprint density at radius 3 is 2.67 bits per heavy atom. The first-order chi connectivity index (χ1) is 10.3. The number of nitrogens with one attached hydrogen (secondary N) is 1. The summed E-state index contributed by atoms with van der Waals surface area (Å²) in [7, 11) is 1.59. The number of amides is 2. The summed E-state index contributed by atoms with van der Waals surface area (Å²) >= 11 is 0. The van der Waals surface area contributed by atoms with Gasteiger partial charge in [0.25, 0.3) is 0 Å². The number of piperidine rings is 1. The highest BCUT2D eigenvalue weighted by Crippen LogP contribution is 2.41. The fourth-order valence-corrected chi connectivity index (χ4v) is 3.09. The number of nitrogens with zero attached hydrogens (tertiary/aromatic N) is 2. The van der Waals surface area contributed by atoms with Crippen molar-refractivity contribution in [3.63, 3.8) is 0 Å². The summed E-state index contributed by atoms with van der Waals surface area (Å²) in [5, 5.41) is 2.95. The highest BCUT2D eigenvalue weighted by Gasteiger charge is 2.34. The van der Waals surface area contributed by atoms with E-state index >= 15 is 0 Å². The third-order valence-corrected chi connectivity index (χ3v) is 4.53. The SMILES string of the molecule is COc1cccc(CNC(=O)N2CCC(C3CC3)CC2)n1. The molecule has 0 aromatic carbocycles. The van der Waals surface area contributed by atoms with Gasteiger partial charge in [-0.1, -0.05) is 6.07 Å². The second-order valence-electron chi connectivity index (χ2n) is 5.99. The maximum Gasteiger partial charge on any atom is 0.317 e. The van der Waals surface area contributed by atoms with Gasteiger partial charge in [-0.3, -0.25) is 0 Å². The Bertz CT molecular complexity index is 494. The van der Waals surface area contributed by atoms with Crippen molar-refractivity contribution in [1.82, 2.24) is 15.2 Å². The van der Waals surface area contributed by atoms with E-state index in [-0.39, 0.29) is 6.03 Å². The quantitative estimate of drug-likeness (QED) is 0.926. The van der Waals surface area contributed by atoms with Crippen LogP contribution in [-0.4, -0.2) is 36.1 Å². The van der Waals surface area contributed by atoms with Gasteiger partial charge in [0, 0.05) is 19.2 Å². The van der Waals surface area contributed by atoms with Crippen molar-refractivity contribution in [1.29, 1.82) is 0 Å².